The first-order valence-corrected chi connectivity index (χ1v) is 5.63. The lowest BCUT2D eigenvalue weighted by atomic mass is 9.87. The van der Waals surface area contributed by atoms with E-state index in [1.807, 2.05) is 6.92 Å². The second kappa shape index (κ2) is 8.72. The maximum absolute atomic E-state index is 9.46. The van der Waals surface area contributed by atoms with Gasteiger partial charge in [-0.25, -0.2) is 0 Å². The third-order valence-corrected chi connectivity index (χ3v) is 2.70. The highest BCUT2D eigenvalue weighted by Gasteiger charge is 2.21. The molecule has 0 amide bonds. The van der Waals surface area contributed by atoms with Crippen LogP contribution in [0.25, 0.3) is 0 Å². The van der Waals surface area contributed by atoms with Crippen molar-refractivity contribution in [2.75, 3.05) is 19.7 Å². The molecule has 0 saturated carbocycles. The molecule has 0 aromatic rings. The van der Waals surface area contributed by atoms with Crippen molar-refractivity contribution in [3.63, 3.8) is 0 Å². The van der Waals surface area contributed by atoms with Crippen LogP contribution in [0.5, 0.6) is 0 Å². The maximum atomic E-state index is 9.46. The molecule has 3 nitrogen and oxygen atoms in total. The molecule has 3 heteroatoms. The molecule has 0 spiro atoms. The highest BCUT2D eigenvalue weighted by molar-refractivity contribution is 4.97. The molecule has 0 aromatic carbocycles. The van der Waals surface area contributed by atoms with Crippen LogP contribution in [0.15, 0.2) is 0 Å². The van der Waals surface area contributed by atoms with Crippen molar-refractivity contribution < 1.29 is 10.2 Å². The summed E-state index contributed by atoms with van der Waals surface area (Å²) in [6, 6.07) is 0. The minimum absolute atomic E-state index is 0.0245. The smallest absolute Gasteiger partial charge is 0.0808 e. The fourth-order valence-corrected chi connectivity index (χ4v) is 1.49. The Labute approximate surface area is 92.9 Å². The summed E-state index contributed by atoms with van der Waals surface area (Å²) in [7, 11) is 0. The first kappa shape index (κ1) is 14.4. The van der Waals surface area contributed by atoms with Crippen LogP contribution in [-0.2, 0) is 0 Å². The molecule has 3 N–H and O–H groups in total. The van der Waals surface area contributed by atoms with Gasteiger partial charge in [0.25, 0.3) is 0 Å². The van der Waals surface area contributed by atoms with Crippen molar-refractivity contribution in [1.82, 2.24) is 5.32 Å². The van der Waals surface area contributed by atoms with E-state index in [2.05, 4.69) is 18.2 Å². The van der Waals surface area contributed by atoms with Gasteiger partial charge in [0, 0.05) is 5.92 Å². The number of nitrogens with one attached hydrogen (secondary N) is 1. The predicted octanol–water partition coefficient (Wildman–Crippen LogP) is 0.615. The van der Waals surface area contributed by atoms with Gasteiger partial charge in [-0.15, -0.1) is 12.3 Å². The number of hydrogen-bond donors (Lipinski definition) is 3. The van der Waals surface area contributed by atoms with Gasteiger partial charge in [-0.1, -0.05) is 13.8 Å². The monoisotopic (exact) mass is 213 g/mol. The molecule has 0 aromatic heterocycles. The normalized spacial score (nSPS) is 16.7. The summed E-state index contributed by atoms with van der Waals surface area (Å²) in [5.41, 5.74) is 0. The van der Waals surface area contributed by atoms with E-state index in [-0.39, 0.29) is 18.4 Å². The van der Waals surface area contributed by atoms with Crippen LogP contribution in [0.1, 0.15) is 26.7 Å². The van der Waals surface area contributed by atoms with E-state index in [0.29, 0.717) is 0 Å². The van der Waals surface area contributed by atoms with Crippen LogP contribution < -0.4 is 5.32 Å². The molecule has 0 saturated heterocycles. The first-order chi connectivity index (χ1) is 7.17. The van der Waals surface area contributed by atoms with Gasteiger partial charge in [-0.3, -0.25) is 0 Å². The van der Waals surface area contributed by atoms with E-state index in [1.165, 1.54) is 0 Å². The Morgan fingerprint density at radius 3 is 2.53 bits per heavy atom. The van der Waals surface area contributed by atoms with Gasteiger partial charge in [-0.05, 0) is 31.8 Å². The zero-order valence-electron chi connectivity index (χ0n) is 9.74. The van der Waals surface area contributed by atoms with Gasteiger partial charge in [-0.2, -0.15) is 0 Å². The Bertz CT molecular complexity index is 189. The van der Waals surface area contributed by atoms with E-state index < -0.39 is 6.10 Å². The Morgan fingerprint density at radius 2 is 2.07 bits per heavy atom. The highest BCUT2D eigenvalue weighted by atomic mass is 16.3. The van der Waals surface area contributed by atoms with E-state index in [9.17, 15) is 5.11 Å². The summed E-state index contributed by atoms with van der Waals surface area (Å²) in [6.45, 7) is 5.64. The molecule has 0 fully saturated rings. The fourth-order valence-electron chi connectivity index (χ4n) is 1.49. The highest BCUT2D eigenvalue weighted by Crippen LogP contribution is 2.18. The molecule has 88 valence electrons. The summed E-state index contributed by atoms with van der Waals surface area (Å²) in [5.74, 6) is 2.66. The van der Waals surface area contributed by atoms with E-state index >= 15 is 0 Å². The fraction of sp³-hybridized carbons (Fsp3) is 0.833. The Hall–Kier alpha value is -0.560. The quantitative estimate of drug-likeness (QED) is 0.409. The van der Waals surface area contributed by atoms with Crippen molar-refractivity contribution in [2.24, 2.45) is 11.8 Å². The molecule has 0 bridgehead atoms. The molecular formula is C12H23NO2. The molecule has 0 radical (unpaired) electrons. The first-order valence-electron chi connectivity index (χ1n) is 5.63. The van der Waals surface area contributed by atoms with E-state index in [4.69, 9.17) is 11.5 Å². The SMILES string of the molecule is C#CC(CCNCCC)C(C)C(O)CO. The number of hydrogen-bond acceptors (Lipinski definition) is 3. The van der Waals surface area contributed by atoms with Crippen LogP contribution in [0.4, 0.5) is 0 Å². The molecule has 3 unspecified atom stereocenters. The van der Waals surface area contributed by atoms with Crippen molar-refractivity contribution in [3.8, 4) is 12.3 Å². The maximum Gasteiger partial charge on any atom is 0.0808 e. The lowest BCUT2D eigenvalue weighted by Crippen LogP contribution is -2.30. The molecular weight excluding hydrogens is 190 g/mol. The lowest BCUT2D eigenvalue weighted by molar-refractivity contribution is 0.0387. The van der Waals surface area contributed by atoms with Crippen LogP contribution in [-0.4, -0.2) is 36.0 Å². The van der Waals surface area contributed by atoms with Crippen LogP contribution in [0.3, 0.4) is 0 Å². The van der Waals surface area contributed by atoms with Gasteiger partial charge in [0.1, 0.15) is 0 Å². The average molecular weight is 213 g/mol. The van der Waals surface area contributed by atoms with Crippen molar-refractivity contribution in [2.45, 2.75) is 32.8 Å². The largest absolute Gasteiger partial charge is 0.394 e. The summed E-state index contributed by atoms with van der Waals surface area (Å²) in [4.78, 5) is 0. The zero-order chi connectivity index (χ0) is 11.7. The predicted molar refractivity (Wildman–Crippen MR) is 62.4 cm³/mol. The molecule has 15 heavy (non-hydrogen) atoms. The summed E-state index contributed by atoms with van der Waals surface area (Å²) in [6.07, 6.45) is 6.65. The molecule has 0 heterocycles. The van der Waals surface area contributed by atoms with Crippen LogP contribution >= 0.6 is 0 Å². The van der Waals surface area contributed by atoms with Gasteiger partial charge < -0.3 is 15.5 Å². The molecule has 0 aliphatic carbocycles. The van der Waals surface area contributed by atoms with Crippen molar-refractivity contribution in [1.29, 1.82) is 0 Å². The van der Waals surface area contributed by atoms with Crippen LogP contribution in [0.2, 0.25) is 0 Å². The third kappa shape index (κ3) is 5.78. The number of rotatable bonds is 8. The minimum Gasteiger partial charge on any atom is -0.394 e. The Morgan fingerprint density at radius 1 is 1.40 bits per heavy atom. The average Bonchev–Trinajstić information content (AvgIpc) is 2.27. The van der Waals surface area contributed by atoms with Gasteiger partial charge >= 0.3 is 0 Å². The summed E-state index contributed by atoms with van der Waals surface area (Å²) in [5, 5.41) is 21.6. The van der Waals surface area contributed by atoms with Gasteiger partial charge in [0.15, 0.2) is 0 Å². The lowest BCUT2D eigenvalue weighted by Gasteiger charge is -2.23. The minimum atomic E-state index is -0.711. The zero-order valence-corrected chi connectivity index (χ0v) is 9.74. The molecule has 0 aliphatic heterocycles. The molecule has 0 rings (SSSR count). The summed E-state index contributed by atoms with van der Waals surface area (Å²) >= 11 is 0. The van der Waals surface area contributed by atoms with E-state index in [1.54, 1.807) is 0 Å². The number of aliphatic hydroxyl groups is 2. The Balaban J connectivity index is 3.87. The number of terminal acetylenes is 1. The second-order valence-electron chi connectivity index (χ2n) is 3.92. The van der Waals surface area contributed by atoms with Gasteiger partial charge in [0.05, 0.1) is 12.7 Å². The van der Waals surface area contributed by atoms with Crippen molar-refractivity contribution in [3.05, 3.63) is 0 Å². The molecule has 0 aliphatic rings. The topological polar surface area (TPSA) is 52.5 Å². The molecule has 3 atom stereocenters. The third-order valence-electron chi connectivity index (χ3n) is 2.70. The van der Waals surface area contributed by atoms with Gasteiger partial charge in [0.2, 0.25) is 0 Å². The Kier molecular flexibility index (Phi) is 8.40. The second-order valence-corrected chi connectivity index (χ2v) is 3.92. The number of aliphatic hydroxyl groups excluding tert-OH is 2. The van der Waals surface area contributed by atoms with E-state index in [0.717, 1.165) is 25.9 Å². The van der Waals surface area contributed by atoms with Crippen LogP contribution in [0, 0.1) is 24.2 Å². The van der Waals surface area contributed by atoms with Crippen molar-refractivity contribution >= 4 is 0 Å². The standard InChI is InChI=1S/C12H23NO2/c1-4-7-13-8-6-11(5-2)10(3)12(15)9-14/h2,10-15H,4,6-9H2,1,3H3. The summed E-state index contributed by atoms with van der Waals surface area (Å²) < 4.78 is 0.